The summed E-state index contributed by atoms with van der Waals surface area (Å²) in [5.41, 5.74) is 20.1. The van der Waals surface area contributed by atoms with Crippen LogP contribution in [0.2, 0.25) is 0 Å². The predicted octanol–water partition coefficient (Wildman–Crippen LogP) is 9.81. The molecule has 7 rings (SSSR count). The van der Waals surface area contributed by atoms with E-state index in [1.807, 2.05) is 13.8 Å². The highest BCUT2D eigenvalue weighted by Crippen LogP contribution is 2.64. The molecule has 0 saturated carbocycles. The first-order valence-electron chi connectivity index (χ1n) is 16.7. The lowest BCUT2D eigenvalue weighted by molar-refractivity contribution is 0.340. The Morgan fingerprint density at radius 3 is 1.86 bits per heavy atom. The van der Waals surface area contributed by atoms with Crippen LogP contribution in [0, 0.1) is 18.8 Å². The lowest BCUT2D eigenvalue weighted by Gasteiger charge is -2.42. The molecule has 0 amide bonds. The van der Waals surface area contributed by atoms with Crippen molar-refractivity contribution in [3.63, 3.8) is 0 Å². The Morgan fingerprint density at radius 1 is 0.744 bits per heavy atom. The van der Waals surface area contributed by atoms with Crippen molar-refractivity contribution in [1.29, 1.82) is 0 Å². The van der Waals surface area contributed by atoms with Crippen molar-refractivity contribution in [3.05, 3.63) is 108 Å². The monoisotopic (exact) mass is 576 g/mol. The smallest absolute Gasteiger partial charge is 0.0642 e. The number of rotatable bonds is 4. The lowest BCUT2D eigenvalue weighted by Crippen LogP contribution is -2.36. The van der Waals surface area contributed by atoms with Crippen LogP contribution in [-0.2, 0) is 47.5 Å². The van der Waals surface area contributed by atoms with Gasteiger partial charge in [-0.05, 0) is 141 Å². The Bertz CT molecular complexity index is 1660. The molecule has 0 radical (unpaired) electrons. The number of aryl methyl sites for hydroxylation is 1. The number of fused-ring (bicyclic) bond motifs is 7. The maximum Gasteiger partial charge on any atom is 0.0642 e. The molecule has 0 saturated heterocycles. The number of benzene rings is 3. The molecule has 2 atom stereocenters. The highest BCUT2D eigenvalue weighted by atomic mass is 16.3. The molecule has 3 nitrogen and oxygen atoms in total. The third kappa shape index (κ3) is 4.20. The number of hydrogen-bond acceptors (Lipinski definition) is 2. The first-order chi connectivity index (χ1) is 20.2. The van der Waals surface area contributed by atoms with E-state index in [4.69, 9.17) is 0 Å². The summed E-state index contributed by atoms with van der Waals surface area (Å²) in [5.74, 6) is 0. The van der Waals surface area contributed by atoms with Crippen LogP contribution >= 0.6 is 0 Å². The topological polar surface area (TPSA) is 32.7 Å². The van der Waals surface area contributed by atoms with Gasteiger partial charge in [0.2, 0.25) is 0 Å². The Morgan fingerprint density at radius 2 is 1.28 bits per heavy atom. The Hall–Kier alpha value is -2.94. The molecule has 1 spiro atoms. The van der Waals surface area contributed by atoms with Crippen molar-refractivity contribution in [2.75, 3.05) is 7.05 Å². The summed E-state index contributed by atoms with van der Waals surface area (Å²) in [5, 5.41) is 4.72. The number of nitrogens with zero attached hydrogens (tertiary/aromatic N) is 2. The van der Waals surface area contributed by atoms with Gasteiger partial charge in [-0.2, -0.15) is 0 Å². The van der Waals surface area contributed by atoms with Gasteiger partial charge in [-0.15, -0.1) is 4.91 Å². The lowest BCUT2D eigenvalue weighted by atomic mass is 9.61. The highest BCUT2D eigenvalue weighted by molar-refractivity contribution is 5.66. The van der Waals surface area contributed by atoms with Crippen molar-refractivity contribution < 1.29 is 0 Å². The quantitative estimate of drug-likeness (QED) is 0.179. The van der Waals surface area contributed by atoms with Crippen LogP contribution in [0.5, 0.6) is 0 Å². The molecule has 228 valence electrons. The number of hydrogen-bond donors (Lipinski definition) is 0. The zero-order valence-corrected chi connectivity index (χ0v) is 28.6. The number of nitroso groups, excluding NO2 is 1. The molecule has 0 heterocycles. The minimum Gasteiger partial charge on any atom is -0.260 e. The summed E-state index contributed by atoms with van der Waals surface area (Å²) >= 11 is 0. The molecule has 3 heteroatoms. The van der Waals surface area contributed by atoms with E-state index >= 15 is 0 Å². The van der Waals surface area contributed by atoms with Crippen LogP contribution < -0.4 is 0 Å². The van der Waals surface area contributed by atoms with Gasteiger partial charge in [-0.1, -0.05) is 85.7 Å². The van der Waals surface area contributed by atoms with Gasteiger partial charge < -0.3 is 0 Å². The molecule has 3 aromatic rings. The minimum atomic E-state index is 0.0694. The van der Waals surface area contributed by atoms with Gasteiger partial charge in [-0.3, -0.25) is 5.01 Å². The molecule has 0 aliphatic heterocycles. The van der Waals surface area contributed by atoms with Crippen LogP contribution in [0.1, 0.15) is 147 Å². The fourth-order valence-corrected chi connectivity index (χ4v) is 9.67. The van der Waals surface area contributed by atoms with Gasteiger partial charge in [0.1, 0.15) is 0 Å². The van der Waals surface area contributed by atoms with Crippen molar-refractivity contribution in [1.82, 2.24) is 5.01 Å². The third-order valence-corrected chi connectivity index (χ3v) is 12.0. The highest BCUT2D eigenvalue weighted by Gasteiger charge is 2.57. The molecule has 2 unspecified atom stereocenters. The molecule has 4 aliphatic rings. The molecule has 4 aliphatic carbocycles. The van der Waals surface area contributed by atoms with Crippen LogP contribution in [0.15, 0.2) is 35.6 Å². The molecule has 43 heavy (non-hydrogen) atoms. The molecular weight excluding hydrogens is 524 g/mol. The Kier molecular flexibility index (Phi) is 6.85. The standard InChI is InChI=1S/C38H46N2O.C2H6/c1-10-37(8)18-26-16-32-34(17-30(26)37)38(21-36(32,6)7)20-35(4,5)31-14-24-12-28-23(3)22(2)11-27(19-40(9)39-41)29(28)13-25(24)15-33(31)38;1-2/h11,14-17H,10,12-13,18-21H2,1-9H3;1-2H3. The minimum absolute atomic E-state index is 0.0694. The maximum atomic E-state index is 11.3. The molecular formula is C40H52N2O. The van der Waals surface area contributed by atoms with Crippen LogP contribution in [-0.4, -0.2) is 12.1 Å². The van der Waals surface area contributed by atoms with Crippen LogP contribution in [0.4, 0.5) is 0 Å². The zero-order valence-electron chi connectivity index (χ0n) is 28.6. The summed E-state index contributed by atoms with van der Waals surface area (Å²) in [4.78, 5) is 11.3. The van der Waals surface area contributed by atoms with Gasteiger partial charge in [0.25, 0.3) is 0 Å². The fourth-order valence-electron chi connectivity index (χ4n) is 9.67. The molecule has 0 N–H and O–H groups in total. The summed E-state index contributed by atoms with van der Waals surface area (Å²) in [6.07, 6.45) is 6.71. The SMILES string of the molecule is CC.CCC1(C)Cc2cc3c(cc21)C1(CC(C)(C)c2cc4c(cc21)Cc1c(CN(C)N=O)cc(C)c(C)c1C4)CC3(C)C. The van der Waals surface area contributed by atoms with E-state index in [2.05, 4.69) is 91.0 Å². The molecule has 0 bridgehead atoms. The van der Waals surface area contributed by atoms with Crippen molar-refractivity contribution >= 4 is 0 Å². The van der Waals surface area contributed by atoms with Gasteiger partial charge in [0.05, 0.1) is 11.8 Å². The van der Waals surface area contributed by atoms with E-state index in [9.17, 15) is 4.91 Å². The van der Waals surface area contributed by atoms with Crippen LogP contribution in [0.25, 0.3) is 0 Å². The summed E-state index contributed by atoms with van der Waals surface area (Å²) in [6, 6.07) is 12.8. The molecule has 0 aromatic heterocycles. The normalized spacial score (nSPS) is 24.5. The van der Waals surface area contributed by atoms with Crippen molar-refractivity contribution in [2.24, 2.45) is 5.29 Å². The Balaban J connectivity index is 0.00000161. The third-order valence-electron chi connectivity index (χ3n) is 12.0. The summed E-state index contributed by atoms with van der Waals surface area (Å²) in [6.45, 7) is 23.8. The van der Waals surface area contributed by atoms with Gasteiger partial charge in [0, 0.05) is 12.5 Å². The summed E-state index contributed by atoms with van der Waals surface area (Å²) in [7, 11) is 1.78. The van der Waals surface area contributed by atoms with Gasteiger partial charge >= 0.3 is 0 Å². The second-order valence-electron chi connectivity index (χ2n) is 15.7. The average molecular weight is 577 g/mol. The van der Waals surface area contributed by atoms with E-state index in [1.54, 1.807) is 40.4 Å². The largest absolute Gasteiger partial charge is 0.260 e. The van der Waals surface area contributed by atoms with E-state index in [1.165, 1.54) is 69.6 Å². The molecule has 0 fully saturated rings. The maximum absolute atomic E-state index is 11.3. The average Bonchev–Trinajstić information content (AvgIpc) is 3.32. The van der Waals surface area contributed by atoms with Crippen LogP contribution in [0.3, 0.4) is 0 Å². The first kappa shape index (κ1) is 30.1. The van der Waals surface area contributed by atoms with E-state index in [-0.39, 0.29) is 16.2 Å². The van der Waals surface area contributed by atoms with E-state index in [0.29, 0.717) is 12.0 Å². The zero-order chi connectivity index (χ0) is 31.3. The fraction of sp³-hybridized carbons (Fsp3) is 0.550. The van der Waals surface area contributed by atoms with Crippen molar-refractivity contribution in [3.8, 4) is 0 Å². The van der Waals surface area contributed by atoms with Gasteiger partial charge in [0.15, 0.2) is 0 Å². The second kappa shape index (κ2) is 9.78. The van der Waals surface area contributed by atoms with Gasteiger partial charge in [-0.25, -0.2) is 0 Å². The summed E-state index contributed by atoms with van der Waals surface area (Å²) < 4.78 is 0. The second-order valence-corrected chi connectivity index (χ2v) is 15.7. The van der Waals surface area contributed by atoms with Crippen molar-refractivity contribution in [2.45, 2.75) is 136 Å². The molecule has 3 aromatic carbocycles. The first-order valence-corrected chi connectivity index (χ1v) is 16.7. The van der Waals surface area contributed by atoms with E-state index < -0.39 is 0 Å². The van der Waals surface area contributed by atoms with E-state index in [0.717, 1.165) is 12.8 Å². The Labute approximate surface area is 260 Å². The predicted molar refractivity (Wildman–Crippen MR) is 180 cm³/mol.